The van der Waals surface area contributed by atoms with Gasteiger partial charge in [-0.25, -0.2) is 4.39 Å². The van der Waals surface area contributed by atoms with E-state index in [0.717, 1.165) is 25.2 Å². The maximum absolute atomic E-state index is 13.2. The predicted molar refractivity (Wildman–Crippen MR) is 99.7 cm³/mol. The van der Waals surface area contributed by atoms with Crippen molar-refractivity contribution in [2.75, 3.05) is 32.8 Å². The molecule has 1 aromatic rings. The van der Waals surface area contributed by atoms with Gasteiger partial charge in [0.25, 0.3) is 5.91 Å². The van der Waals surface area contributed by atoms with E-state index in [0.29, 0.717) is 13.0 Å². The molecule has 0 saturated carbocycles. The molecule has 0 radical (unpaired) electrons. The summed E-state index contributed by atoms with van der Waals surface area (Å²) in [5.41, 5.74) is 0.720. The minimum absolute atomic E-state index is 0.185. The highest BCUT2D eigenvalue weighted by Crippen LogP contribution is 2.12. The summed E-state index contributed by atoms with van der Waals surface area (Å²) < 4.78 is 23.9. The van der Waals surface area contributed by atoms with Crippen LogP contribution in [0.5, 0.6) is 0 Å². The molecule has 1 amide bonds. The summed E-state index contributed by atoms with van der Waals surface area (Å²) in [7, 11) is 0. The van der Waals surface area contributed by atoms with Crippen LogP contribution >= 0.6 is 0 Å². The van der Waals surface area contributed by atoms with Crippen LogP contribution in [0.4, 0.5) is 4.39 Å². The number of rotatable bonds is 8. The summed E-state index contributed by atoms with van der Waals surface area (Å²) >= 11 is 0. The number of benzene rings is 1. The molecule has 2 rings (SSSR count). The lowest BCUT2D eigenvalue weighted by atomic mass is 10.0. The first-order chi connectivity index (χ1) is 12.8. The fourth-order valence-corrected chi connectivity index (χ4v) is 3.25. The summed E-state index contributed by atoms with van der Waals surface area (Å²) in [6.45, 7) is 8.37. The number of hydrogen-bond donors (Lipinski definition) is 1. The molecule has 150 valence electrons. The number of hydrogen-bond acceptors (Lipinski definition) is 5. The number of halogens is 1. The largest absolute Gasteiger partial charge is 0.455 e. The van der Waals surface area contributed by atoms with Crippen molar-refractivity contribution in [3.05, 3.63) is 35.6 Å². The second-order valence-corrected chi connectivity index (χ2v) is 7.21. The molecule has 1 heterocycles. The van der Waals surface area contributed by atoms with E-state index in [4.69, 9.17) is 9.47 Å². The molecule has 0 aromatic heterocycles. The summed E-state index contributed by atoms with van der Waals surface area (Å²) in [5.74, 6) is -1.58. The van der Waals surface area contributed by atoms with E-state index in [1.807, 2.05) is 13.8 Å². The molecule has 1 aliphatic heterocycles. The van der Waals surface area contributed by atoms with E-state index in [2.05, 4.69) is 10.2 Å². The molecular formula is C20H29FN2O4. The first kappa shape index (κ1) is 21.3. The Hall–Kier alpha value is -1.99. The lowest BCUT2D eigenvalue weighted by Crippen LogP contribution is -2.48. The zero-order valence-corrected chi connectivity index (χ0v) is 16.2. The highest BCUT2D eigenvalue weighted by Gasteiger charge is 2.22. The number of carbonyl (C=O) groups is 2. The van der Waals surface area contributed by atoms with Crippen LogP contribution in [0.15, 0.2) is 24.3 Å². The van der Waals surface area contributed by atoms with E-state index in [1.165, 1.54) is 12.1 Å². The average molecular weight is 380 g/mol. The molecule has 1 N–H and O–H groups in total. The molecule has 1 aliphatic rings. The van der Waals surface area contributed by atoms with Crippen LogP contribution in [-0.2, 0) is 25.5 Å². The summed E-state index contributed by atoms with van der Waals surface area (Å²) in [6, 6.07) is 6.11. The molecular weight excluding hydrogens is 351 g/mol. The van der Waals surface area contributed by atoms with Gasteiger partial charge in [0.05, 0.1) is 18.1 Å². The van der Waals surface area contributed by atoms with Crippen molar-refractivity contribution < 1.29 is 23.5 Å². The van der Waals surface area contributed by atoms with Crippen molar-refractivity contribution >= 4 is 11.9 Å². The predicted octanol–water partition coefficient (Wildman–Crippen LogP) is 1.77. The Morgan fingerprint density at radius 1 is 1.33 bits per heavy atom. The van der Waals surface area contributed by atoms with Gasteiger partial charge in [0.1, 0.15) is 5.82 Å². The molecule has 6 nitrogen and oxygen atoms in total. The standard InChI is InChI=1S/C20H29FN2O4/c1-14(9-17-5-4-6-18(21)10-17)20(25)26-13-19(24)22-7-8-23-11-15(2)27-16(3)12-23/h4-6,10,14-16H,7-9,11-13H2,1-3H3,(H,22,24). The quantitative estimate of drug-likeness (QED) is 0.697. The van der Waals surface area contributed by atoms with Crippen molar-refractivity contribution in [1.29, 1.82) is 0 Å². The maximum Gasteiger partial charge on any atom is 0.309 e. The van der Waals surface area contributed by atoms with Crippen molar-refractivity contribution in [1.82, 2.24) is 10.2 Å². The molecule has 7 heteroatoms. The van der Waals surface area contributed by atoms with Gasteiger partial charge >= 0.3 is 5.97 Å². The zero-order chi connectivity index (χ0) is 19.8. The third kappa shape index (κ3) is 7.64. The molecule has 1 aromatic carbocycles. The number of morpholine rings is 1. The lowest BCUT2D eigenvalue weighted by molar-refractivity contribution is -0.152. The van der Waals surface area contributed by atoms with Crippen molar-refractivity contribution in [3.63, 3.8) is 0 Å². The molecule has 0 spiro atoms. The second-order valence-electron chi connectivity index (χ2n) is 7.21. The van der Waals surface area contributed by atoms with E-state index in [9.17, 15) is 14.0 Å². The van der Waals surface area contributed by atoms with Crippen LogP contribution in [0.25, 0.3) is 0 Å². The normalized spacial score (nSPS) is 21.5. The molecule has 1 fully saturated rings. The number of ether oxygens (including phenoxy) is 2. The van der Waals surface area contributed by atoms with Gasteiger partial charge in [0, 0.05) is 26.2 Å². The van der Waals surface area contributed by atoms with Gasteiger partial charge in [0.15, 0.2) is 6.61 Å². The number of nitrogens with one attached hydrogen (secondary N) is 1. The van der Waals surface area contributed by atoms with Crippen LogP contribution in [0, 0.1) is 11.7 Å². The Bertz CT molecular complexity index is 630. The monoisotopic (exact) mass is 380 g/mol. The molecule has 0 aliphatic carbocycles. The molecule has 27 heavy (non-hydrogen) atoms. The fraction of sp³-hybridized carbons (Fsp3) is 0.600. The SMILES string of the molecule is CC1CN(CCNC(=O)COC(=O)C(C)Cc2cccc(F)c2)CC(C)O1. The Balaban J connectivity index is 1.63. The lowest BCUT2D eigenvalue weighted by Gasteiger charge is -2.35. The first-order valence-corrected chi connectivity index (χ1v) is 9.39. The molecule has 0 bridgehead atoms. The van der Waals surface area contributed by atoms with Crippen molar-refractivity contribution in [3.8, 4) is 0 Å². The highest BCUT2D eigenvalue weighted by molar-refractivity contribution is 5.81. The van der Waals surface area contributed by atoms with Gasteiger partial charge in [-0.1, -0.05) is 19.1 Å². The Morgan fingerprint density at radius 3 is 2.70 bits per heavy atom. The molecule has 3 atom stereocenters. The van der Waals surface area contributed by atoms with Crippen LogP contribution in [0.3, 0.4) is 0 Å². The topological polar surface area (TPSA) is 67.9 Å². The van der Waals surface area contributed by atoms with E-state index in [1.54, 1.807) is 19.1 Å². The van der Waals surface area contributed by atoms with Crippen molar-refractivity contribution in [2.45, 2.75) is 39.4 Å². The third-order valence-electron chi connectivity index (χ3n) is 4.42. The van der Waals surface area contributed by atoms with Gasteiger partial charge in [-0.05, 0) is 38.0 Å². The smallest absolute Gasteiger partial charge is 0.309 e. The van der Waals surface area contributed by atoms with Gasteiger partial charge in [-0.3, -0.25) is 14.5 Å². The second kappa shape index (κ2) is 10.4. The van der Waals surface area contributed by atoms with Gasteiger partial charge < -0.3 is 14.8 Å². The minimum atomic E-state index is -0.467. The van der Waals surface area contributed by atoms with Gasteiger partial charge in [0.2, 0.25) is 0 Å². The Labute approximate surface area is 160 Å². The Kier molecular flexibility index (Phi) is 8.19. The summed E-state index contributed by atoms with van der Waals surface area (Å²) in [6.07, 6.45) is 0.737. The van der Waals surface area contributed by atoms with Crippen molar-refractivity contribution in [2.24, 2.45) is 5.92 Å². The van der Waals surface area contributed by atoms with Gasteiger partial charge in [-0.15, -0.1) is 0 Å². The van der Waals surface area contributed by atoms with Crippen LogP contribution in [0.1, 0.15) is 26.3 Å². The summed E-state index contributed by atoms with van der Waals surface area (Å²) in [4.78, 5) is 26.1. The highest BCUT2D eigenvalue weighted by atomic mass is 19.1. The van der Waals surface area contributed by atoms with Crippen LogP contribution in [-0.4, -0.2) is 61.8 Å². The number of nitrogens with zero attached hydrogens (tertiary/aromatic N) is 1. The first-order valence-electron chi connectivity index (χ1n) is 9.39. The maximum atomic E-state index is 13.2. The number of esters is 1. The van der Waals surface area contributed by atoms with Crippen LogP contribution in [0.2, 0.25) is 0 Å². The molecule has 1 saturated heterocycles. The number of amides is 1. The summed E-state index contributed by atoms with van der Waals surface area (Å²) in [5, 5.41) is 2.76. The van der Waals surface area contributed by atoms with Gasteiger partial charge in [-0.2, -0.15) is 0 Å². The average Bonchev–Trinajstić information content (AvgIpc) is 2.58. The third-order valence-corrected chi connectivity index (χ3v) is 4.42. The molecule has 3 unspecified atom stereocenters. The minimum Gasteiger partial charge on any atom is -0.455 e. The zero-order valence-electron chi connectivity index (χ0n) is 16.2. The number of carbonyl (C=O) groups excluding carboxylic acids is 2. The Morgan fingerprint density at radius 2 is 2.04 bits per heavy atom. The van der Waals surface area contributed by atoms with E-state index in [-0.39, 0.29) is 30.5 Å². The van der Waals surface area contributed by atoms with E-state index >= 15 is 0 Å². The fourth-order valence-electron chi connectivity index (χ4n) is 3.25. The van der Waals surface area contributed by atoms with Crippen LogP contribution < -0.4 is 5.32 Å². The van der Waals surface area contributed by atoms with E-state index < -0.39 is 11.9 Å².